The summed E-state index contributed by atoms with van der Waals surface area (Å²) in [4.78, 5) is 14.3. The summed E-state index contributed by atoms with van der Waals surface area (Å²) in [5, 5.41) is 7.12. The molecule has 0 unspecified atom stereocenters. The number of aromatic amines is 1. The van der Waals surface area contributed by atoms with Crippen LogP contribution in [0.1, 0.15) is 17.7 Å². The summed E-state index contributed by atoms with van der Waals surface area (Å²) in [7, 11) is 0. The van der Waals surface area contributed by atoms with Crippen molar-refractivity contribution in [3.05, 3.63) is 58.8 Å². The Hall–Kier alpha value is -3.11. The zero-order valence-electron chi connectivity index (χ0n) is 15.0. The van der Waals surface area contributed by atoms with E-state index in [0.29, 0.717) is 29.4 Å². The van der Waals surface area contributed by atoms with E-state index in [4.69, 9.17) is 23.1 Å². The summed E-state index contributed by atoms with van der Waals surface area (Å²) in [6.45, 7) is 3.01. The van der Waals surface area contributed by atoms with Crippen LogP contribution in [0.25, 0.3) is 11.4 Å². The first-order valence-electron chi connectivity index (χ1n) is 8.54. The van der Waals surface area contributed by atoms with Gasteiger partial charge in [0.15, 0.2) is 10.6 Å². The number of terminal acetylenes is 1. The number of carbonyl (C=O) groups excluding carboxylic acids is 1. The maximum absolute atomic E-state index is 12.7. The number of nitrogens with zero attached hydrogens (tertiary/aromatic N) is 3. The van der Waals surface area contributed by atoms with E-state index in [1.807, 2.05) is 41.8 Å². The number of rotatable bonds is 7. The highest BCUT2D eigenvalue weighted by atomic mass is 32.1. The second-order valence-corrected chi connectivity index (χ2v) is 6.54. The zero-order chi connectivity index (χ0) is 19.2. The average Bonchev–Trinajstić information content (AvgIpc) is 3.30. The molecule has 1 aromatic carbocycles. The predicted molar refractivity (Wildman–Crippen MR) is 105 cm³/mol. The third kappa shape index (κ3) is 4.54. The van der Waals surface area contributed by atoms with Crippen molar-refractivity contribution in [2.24, 2.45) is 0 Å². The molecule has 0 spiro atoms. The van der Waals surface area contributed by atoms with Gasteiger partial charge in [0, 0.05) is 18.5 Å². The molecule has 3 rings (SSSR count). The fourth-order valence-electron chi connectivity index (χ4n) is 2.75. The van der Waals surface area contributed by atoms with Gasteiger partial charge in [-0.2, -0.15) is 5.10 Å². The molecule has 27 heavy (non-hydrogen) atoms. The van der Waals surface area contributed by atoms with E-state index in [1.54, 1.807) is 17.2 Å². The predicted octanol–water partition coefficient (Wildman–Crippen LogP) is 3.56. The van der Waals surface area contributed by atoms with Crippen molar-refractivity contribution in [2.75, 3.05) is 6.54 Å². The summed E-state index contributed by atoms with van der Waals surface area (Å²) in [6.07, 6.45) is 7.25. The molecule has 0 radical (unpaired) electrons. The number of benzene rings is 1. The van der Waals surface area contributed by atoms with Crippen LogP contribution in [0.2, 0.25) is 0 Å². The van der Waals surface area contributed by atoms with Crippen LogP contribution in [0, 0.1) is 24.0 Å². The maximum atomic E-state index is 12.7. The molecule has 0 aliphatic carbocycles. The van der Waals surface area contributed by atoms with E-state index in [0.717, 1.165) is 11.1 Å². The Balaban J connectivity index is 1.73. The van der Waals surface area contributed by atoms with Crippen molar-refractivity contribution in [1.82, 2.24) is 19.7 Å². The number of furan rings is 1. The van der Waals surface area contributed by atoms with Gasteiger partial charge in [-0.25, -0.2) is 0 Å². The molecule has 0 atom stereocenters. The summed E-state index contributed by atoms with van der Waals surface area (Å²) in [5.41, 5.74) is 2.11. The smallest absolute Gasteiger partial charge is 0.225 e. The number of hydrogen-bond donors (Lipinski definition) is 1. The monoisotopic (exact) mass is 380 g/mol. The average molecular weight is 380 g/mol. The fraction of sp³-hybridized carbons (Fsp3) is 0.250. The molecule has 3 aromatic rings. The van der Waals surface area contributed by atoms with Gasteiger partial charge < -0.3 is 9.32 Å². The Morgan fingerprint density at radius 1 is 1.37 bits per heavy atom. The maximum Gasteiger partial charge on any atom is 0.225 e. The SMILES string of the molecule is C#CCN(Cc1ccco1)C(=O)CCn1c(-c2ccc(C)cc2)n[nH]c1=S. The lowest BCUT2D eigenvalue weighted by Gasteiger charge is -2.19. The molecule has 0 bridgehead atoms. The molecular formula is C20H20N4O2S. The number of amides is 1. The van der Waals surface area contributed by atoms with Crippen LogP contribution in [0.3, 0.4) is 0 Å². The molecule has 2 aromatic heterocycles. The van der Waals surface area contributed by atoms with Crippen molar-refractivity contribution in [3.8, 4) is 23.7 Å². The van der Waals surface area contributed by atoms with Crippen molar-refractivity contribution in [2.45, 2.75) is 26.4 Å². The molecule has 7 heteroatoms. The van der Waals surface area contributed by atoms with Gasteiger partial charge >= 0.3 is 0 Å². The minimum Gasteiger partial charge on any atom is -0.467 e. The molecule has 0 aliphatic heterocycles. The number of H-pyrrole nitrogens is 1. The van der Waals surface area contributed by atoms with Gasteiger partial charge in [0.2, 0.25) is 5.91 Å². The van der Waals surface area contributed by atoms with Gasteiger partial charge in [0.25, 0.3) is 0 Å². The number of hydrogen-bond acceptors (Lipinski definition) is 4. The molecule has 0 saturated heterocycles. The summed E-state index contributed by atoms with van der Waals surface area (Å²) in [6, 6.07) is 11.6. The number of nitrogens with one attached hydrogen (secondary N) is 1. The first-order valence-corrected chi connectivity index (χ1v) is 8.95. The lowest BCUT2D eigenvalue weighted by atomic mass is 10.1. The molecule has 2 heterocycles. The minimum atomic E-state index is -0.0673. The van der Waals surface area contributed by atoms with Crippen LogP contribution in [0.15, 0.2) is 47.1 Å². The Morgan fingerprint density at radius 2 is 2.15 bits per heavy atom. The van der Waals surface area contributed by atoms with Gasteiger partial charge in [-0.15, -0.1) is 6.42 Å². The number of carbonyl (C=O) groups is 1. The van der Waals surface area contributed by atoms with Crippen LogP contribution in [0.5, 0.6) is 0 Å². The molecule has 0 saturated carbocycles. The van der Waals surface area contributed by atoms with E-state index in [-0.39, 0.29) is 18.9 Å². The third-order valence-corrected chi connectivity index (χ3v) is 4.49. The second-order valence-electron chi connectivity index (χ2n) is 6.15. The van der Waals surface area contributed by atoms with Gasteiger partial charge in [-0.05, 0) is 31.3 Å². The van der Waals surface area contributed by atoms with Crippen LogP contribution >= 0.6 is 12.2 Å². The Bertz CT molecular complexity index is 994. The highest BCUT2D eigenvalue weighted by molar-refractivity contribution is 7.71. The molecule has 0 fully saturated rings. The Morgan fingerprint density at radius 3 is 2.81 bits per heavy atom. The minimum absolute atomic E-state index is 0.0673. The fourth-order valence-corrected chi connectivity index (χ4v) is 2.97. The van der Waals surface area contributed by atoms with E-state index < -0.39 is 0 Å². The van der Waals surface area contributed by atoms with Crippen LogP contribution in [0.4, 0.5) is 0 Å². The van der Waals surface area contributed by atoms with Crippen LogP contribution < -0.4 is 0 Å². The van der Waals surface area contributed by atoms with Crippen molar-refractivity contribution in [3.63, 3.8) is 0 Å². The Labute approximate surface area is 162 Å². The zero-order valence-corrected chi connectivity index (χ0v) is 15.8. The largest absolute Gasteiger partial charge is 0.467 e. The second kappa shape index (κ2) is 8.52. The molecular weight excluding hydrogens is 360 g/mol. The van der Waals surface area contributed by atoms with Gasteiger partial charge in [-0.1, -0.05) is 35.7 Å². The molecule has 6 nitrogen and oxygen atoms in total. The summed E-state index contributed by atoms with van der Waals surface area (Å²) in [5.74, 6) is 3.86. The van der Waals surface area contributed by atoms with Crippen molar-refractivity contribution < 1.29 is 9.21 Å². The van der Waals surface area contributed by atoms with Crippen LogP contribution in [-0.2, 0) is 17.9 Å². The van der Waals surface area contributed by atoms with Crippen molar-refractivity contribution in [1.29, 1.82) is 0 Å². The first-order chi connectivity index (χ1) is 13.1. The molecule has 0 aliphatic rings. The van der Waals surface area contributed by atoms with E-state index in [1.165, 1.54) is 0 Å². The van der Waals surface area contributed by atoms with Gasteiger partial charge in [0.05, 0.1) is 19.4 Å². The molecule has 1 amide bonds. The molecule has 138 valence electrons. The standard InChI is InChI=1S/C20H20N4O2S/c1-3-11-23(14-17-5-4-13-26-17)18(25)10-12-24-19(21-22-20(24)27)16-8-6-15(2)7-9-16/h1,4-9,13H,10-12,14H2,2H3,(H,22,27). The van der Waals surface area contributed by atoms with Gasteiger partial charge in [-0.3, -0.25) is 14.5 Å². The number of aryl methyl sites for hydroxylation is 1. The molecule has 1 N–H and O–H groups in total. The van der Waals surface area contributed by atoms with Crippen molar-refractivity contribution >= 4 is 18.1 Å². The lowest BCUT2D eigenvalue weighted by molar-refractivity contribution is -0.131. The normalized spacial score (nSPS) is 10.5. The van der Waals surface area contributed by atoms with E-state index in [2.05, 4.69) is 16.1 Å². The van der Waals surface area contributed by atoms with Gasteiger partial charge in [0.1, 0.15) is 5.76 Å². The number of aromatic nitrogens is 3. The topological polar surface area (TPSA) is 67.1 Å². The lowest BCUT2D eigenvalue weighted by Crippen LogP contribution is -2.31. The summed E-state index contributed by atoms with van der Waals surface area (Å²) >= 11 is 5.33. The highest BCUT2D eigenvalue weighted by Gasteiger charge is 2.16. The van der Waals surface area contributed by atoms with Crippen LogP contribution in [-0.4, -0.2) is 32.1 Å². The first kappa shape index (κ1) is 18.7. The van der Waals surface area contributed by atoms with E-state index in [9.17, 15) is 4.79 Å². The Kier molecular flexibility index (Phi) is 5.89. The highest BCUT2D eigenvalue weighted by Crippen LogP contribution is 2.18. The van der Waals surface area contributed by atoms with E-state index >= 15 is 0 Å². The summed E-state index contributed by atoms with van der Waals surface area (Å²) < 4.78 is 7.63. The quantitative estimate of drug-likeness (QED) is 0.503. The third-order valence-electron chi connectivity index (χ3n) is 4.18.